The predicted octanol–water partition coefficient (Wildman–Crippen LogP) is 1.88. The molecule has 0 fully saturated rings. The van der Waals surface area contributed by atoms with Crippen LogP contribution in [0.2, 0.25) is 0 Å². The van der Waals surface area contributed by atoms with Gasteiger partial charge >= 0.3 is 0 Å². The van der Waals surface area contributed by atoms with E-state index in [9.17, 15) is 4.79 Å². The summed E-state index contributed by atoms with van der Waals surface area (Å²) < 4.78 is 0. The van der Waals surface area contributed by atoms with Gasteiger partial charge in [-0.2, -0.15) is 0 Å². The van der Waals surface area contributed by atoms with Gasteiger partial charge in [-0.1, -0.05) is 18.2 Å². The molecule has 0 saturated carbocycles. The third-order valence-corrected chi connectivity index (χ3v) is 2.79. The number of nitrogens with zero attached hydrogens (tertiary/aromatic N) is 1. The van der Waals surface area contributed by atoms with Gasteiger partial charge in [-0.25, -0.2) is 0 Å². The van der Waals surface area contributed by atoms with Crippen molar-refractivity contribution in [3.63, 3.8) is 0 Å². The third kappa shape index (κ3) is 1.82. The molecular formula is C11H15NO. The molecular weight excluding hydrogens is 162 g/mol. The van der Waals surface area contributed by atoms with E-state index in [1.54, 1.807) is 6.08 Å². The van der Waals surface area contributed by atoms with E-state index in [1.807, 2.05) is 11.0 Å². The van der Waals surface area contributed by atoms with Gasteiger partial charge in [0.1, 0.15) is 0 Å². The summed E-state index contributed by atoms with van der Waals surface area (Å²) in [6, 6.07) is 0.470. The Morgan fingerprint density at radius 1 is 1.15 bits per heavy atom. The van der Waals surface area contributed by atoms with E-state index in [-0.39, 0.29) is 5.91 Å². The molecule has 0 bridgehead atoms. The zero-order chi connectivity index (χ0) is 9.10. The second-order valence-electron chi connectivity index (χ2n) is 3.67. The quantitative estimate of drug-likeness (QED) is 0.560. The lowest BCUT2D eigenvalue weighted by Gasteiger charge is -2.26. The van der Waals surface area contributed by atoms with E-state index in [4.69, 9.17) is 0 Å². The van der Waals surface area contributed by atoms with Crippen molar-refractivity contribution in [2.75, 3.05) is 6.54 Å². The molecule has 0 spiro atoms. The van der Waals surface area contributed by atoms with Crippen molar-refractivity contribution in [1.29, 1.82) is 0 Å². The molecule has 1 heterocycles. The van der Waals surface area contributed by atoms with Crippen LogP contribution in [-0.4, -0.2) is 23.4 Å². The van der Waals surface area contributed by atoms with E-state index < -0.39 is 0 Å². The number of allylic oxidation sites excluding steroid dienone is 2. The van der Waals surface area contributed by atoms with Crippen molar-refractivity contribution >= 4 is 5.91 Å². The van der Waals surface area contributed by atoms with Crippen molar-refractivity contribution in [1.82, 2.24) is 4.90 Å². The van der Waals surface area contributed by atoms with E-state index in [0.717, 1.165) is 32.2 Å². The summed E-state index contributed by atoms with van der Waals surface area (Å²) in [5.74, 6) is 0.201. The Balaban J connectivity index is 1.96. The minimum atomic E-state index is 0.201. The maximum atomic E-state index is 11.4. The molecule has 0 aromatic heterocycles. The first-order valence-electron chi connectivity index (χ1n) is 5.00. The summed E-state index contributed by atoms with van der Waals surface area (Å²) in [4.78, 5) is 13.4. The van der Waals surface area contributed by atoms with E-state index >= 15 is 0 Å². The molecule has 0 N–H and O–H groups in total. The molecule has 0 aromatic carbocycles. The van der Waals surface area contributed by atoms with Gasteiger partial charge in [0, 0.05) is 18.7 Å². The van der Waals surface area contributed by atoms with Crippen LogP contribution in [-0.2, 0) is 4.79 Å². The number of rotatable bonds is 1. The molecule has 2 nitrogen and oxygen atoms in total. The first kappa shape index (κ1) is 8.54. The third-order valence-electron chi connectivity index (χ3n) is 2.79. The second kappa shape index (κ2) is 3.77. The van der Waals surface area contributed by atoms with Crippen LogP contribution in [0.5, 0.6) is 0 Å². The first-order valence-corrected chi connectivity index (χ1v) is 5.00. The highest BCUT2D eigenvalue weighted by atomic mass is 16.2. The van der Waals surface area contributed by atoms with Gasteiger partial charge in [-0.3, -0.25) is 4.79 Å². The average Bonchev–Trinajstić information content (AvgIpc) is 2.43. The minimum Gasteiger partial charge on any atom is -0.332 e. The van der Waals surface area contributed by atoms with Gasteiger partial charge in [0.2, 0.25) is 5.91 Å². The number of carbonyl (C=O) groups is 1. The lowest BCUT2D eigenvalue weighted by Crippen LogP contribution is -2.36. The number of carbonyl (C=O) groups excluding carboxylic acids is 1. The summed E-state index contributed by atoms with van der Waals surface area (Å²) in [5.41, 5.74) is 0. The Morgan fingerprint density at radius 2 is 1.85 bits per heavy atom. The predicted molar refractivity (Wildman–Crippen MR) is 52.2 cm³/mol. The molecule has 13 heavy (non-hydrogen) atoms. The lowest BCUT2D eigenvalue weighted by molar-refractivity contribution is -0.126. The van der Waals surface area contributed by atoms with Crippen LogP contribution in [0.3, 0.4) is 0 Å². The van der Waals surface area contributed by atoms with Gasteiger partial charge in [0.05, 0.1) is 0 Å². The second-order valence-corrected chi connectivity index (χ2v) is 3.67. The fraction of sp³-hybridized carbons (Fsp3) is 0.545. The lowest BCUT2D eigenvalue weighted by atomic mass is 10.1. The Bertz CT molecular complexity index is 245. The molecule has 1 aliphatic heterocycles. The average molecular weight is 177 g/mol. The maximum absolute atomic E-state index is 11.4. The maximum Gasteiger partial charge on any atom is 0.246 e. The Hall–Kier alpha value is -1.05. The van der Waals surface area contributed by atoms with Gasteiger partial charge in [0.15, 0.2) is 0 Å². The standard InChI is InChI=1S/C11H15NO/c13-11-8-5-9-12(11)10-6-3-1-2-4-7-10/h1-2,5,8,10H,3-4,6-7,9H2. The number of hydrogen-bond acceptors (Lipinski definition) is 1. The molecule has 0 radical (unpaired) electrons. The molecule has 1 aliphatic carbocycles. The normalized spacial score (nSPS) is 24.0. The highest BCUT2D eigenvalue weighted by molar-refractivity contribution is 5.90. The molecule has 2 heteroatoms. The zero-order valence-corrected chi connectivity index (χ0v) is 7.78. The van der Waals surface area contributed by atoms with E-state index in [0.29, 0.717) is 6.04 Å². The summed E-state index contributed by atoms with van der Waals surface area (Å²) >= 11 is 0. The Morgan fingerprint density at radius 3 is 2.38 bits per heavy atom. The minimum absolute atomic E-state index is 0.201. The fourth-order valence-electron chi connectivity index (χ4n) is 2.05. The number of amides is 1. The van der Waals surface area contributed by atoms with Gasteiger partial charge in [0.25, 0.3) is 0 Å². The van der Waals surface area contributed by atoms with Gasteiger partial charge in [-0.05, 0) is 25.7 Å². The molecule has 1 amide bonds. The molecule has 2 rings (SSSR count). The highest BCUT2D eigenvalue weighted by Crippen LogP contribution is 2.20. The topological polar surface area (TPSA) is 20.3 Å². The molecule has 0 aromatic rings. The Labute approximate surface area is 78.9 Å². The van der Waals surface area contributed by atoms with Crippen LogP contribution in [0.15, 0.2) is 24.3 Å². The van der Waals surface area contributed by atoms with Gasteiger partial charge < -0.3 is 4.90 Å². The molecule has 0 atom stereocenters. The first-order chi connectivity index (χ1) is 6.38. The largest absolute Gasteiger partial charge is 0.332 e. The fourth-order valence-corrected chi connectivity index (χ4v) is 2.05. The molecule has 70 valence electrons. The van der Waals surface area contributed by atoms with Crippen LogP contribution in [0, 0.1) is 0 Å². The van der Waals surface area contributed by atoms with Crippen LogP contribution in [0.4, 0.5) is 0 Å². The Kier molecular flexibility index (Phi) is 2.48. The summed E-state index contributed by atoms with van der Waals surface area (Å²) in [6.45, 7) is 0.823. The molecule has 2 aliphatic rings. The monoisotopic (exact) mass is 177 g/mol. The van der Waals surface area contributed by atoms with Crippen molar-refractivity contribution in [2.45, 2.75) is 31.7 Å². The van der Waals surface area contributed by atoms with Crippen LogP contribution in [0.25, 0.3) is 0 Å². The number of hydrogen-bond donors (Lipinski definition) is 0. The van der Waals surface area contributed by atoms with Crippen LogP contribution >= 0.6 is 0 Å². The van der Waals surface area contributed by atoms with Crippen LogP contribution in [0.1, 0.15) is 25.7 Å². The summed E-state index contributed by atoms with van der Waals surface area (Å²) in [7, 11) is 0. The smallest absolute Gasteiger partial charge is 0.246 e. The van der Waals surface area contributed by atoms with Gasteiger partial charge in [-0.15, -0.1) is 0 Å². The summed E-state index contributed by atoms with van der Waals surface area (Å²) in [5, 5.41) is 0. The van der Waals surface area contributed by atoms with Crippen LogP contribution < -0.4 is 0 Å². The van der Waals surface area contributed by atoms with Crippen molar-refractivity contribution in [3.05, 3.63) is 24.3 Å². The SMILES string of the molecule is O=C1C=CCN1C1CCC=CCC1. The highest BCUT2D eigenvalue weighted by Gasteiger charge is 2.23. The van der Waals surface area contributed by atoms with E-state index in [2.05, 4.69) is 12.2 Å². The molecule has 0 unspecified atom stereocenters. The van der Waals surface area contributed by atoms with Crippen molar-refractivity contribution in [2.24, 2.45) is 0 Å². The zero-order valence-electron chi connectivity index (χ0n) is 7.78. The summed E-state index contributed by atoms with van der Waals surface area (Å²) in [6.07, 6.45) is 12.6. The van der Waals surface area contributed by atoms with E-state index in [1.165, 1.54) is 0 Å². The molecule has 0 saturated heterocycles. The van der Waals surface area contributed by atoms with Crippen molar-refractivity contribution in [3.8, 4) is 0 Å². The van der Waals surface area contributed by atoms with Crippen molar-refractivity contribution < 1.29 is 4.79 Å².